The monoisotopic (exact) mass is 388 g/mol. The first-order valence-corrected chi connectivity index (χ1v) is 10.9. The van der Waals surface area contributed by atoms with E-state index in [0.29, 0.717) is 31.6 Å². The fraction of sp³-hybridized carbons (Fsp3) is 0.882. The topological polar surface area (TPSA) is 113 Å². The van der Waals surface area contributed by atoms with Crippen LogP contribution in [-0.4, -0.2) is 68.4 Å². The van der Waals surface area contributed by atoms with Gasteiger partial charge in [-0.25, -0.2) is 13.1 Å². The minimum absolute atomic E-state index is 0.00604. The highest BCUT2D eigenvalue weighted by molar-refractivity contribution is 7.89. The number of rotatable bonds is 10. The van der Waals surface area contributed by atoms with Crippen molar-refractivity contribution in [1.82, 2.24) is 9.62 Å². The molecule has 8 nitrogen and oxygen atoms in total. The zero-order valence-electron chi connectivity index (χ0n) is 15.1. The maximum atomic E-state index is 12.5. The molecule has 0 radical (unpaired) electrons. The molecule has 0 bridgehead atoms. The Bertz CT molecular complexity index is 650. The molecule has 0 unspecified atom stereocenters. The van der Waals surface area contributed by atoms with Gasteiger partial charge >= 0.3 is 11.9 Å². The lowest BCUT2D eigenvalue weighted by Gasteiger charge is -2.43. The molecule has 3 saturated carbocycles. The van der Waals surface area contributed by atoms with Crippen LogP contribution in [-0.2, 0) is 24.3 Å². The number of carbonyl (C=O) groups is 2. The minimum atomic E-state index is -3.58. The molecule has 3 rings (SSSR count). The Balaban J connectivity index is 1.50. The number of nitrogens with zero attached hydrogens (tertiary/aromatic N) is 1. The molecule has 0 aromatic carbocycles. The molecule has 3 fully saturated rings. The first-order chi connectivity index (χ1) is 12.2. The van der Waals surface area contributed by atoms with E-state index in [-0.39, 0.29) is 24.4 Å². The summed E-state index contributed by atoms with van der Waals surface area (Å²) in [5.41, 5.74) is -0.898. The van der Waals surface area contributed by atoms with Gasteiger partial charge in [0.05, 0.1) is 24.8 Å². The number of methoxy groups -OCH3 is 1. The smallest absolute Gasteiger partial charge is 0.317 e. The van der Waals surface area contributed by atoms with E-state index in [1.165, 1.54) is 7.11 Å². The number of carboxylic acid groups (broad SMARTS) is 1. The van der Waals surface area contributed by atoms with Crippen molar-refractivity contribution >= 4 is 22.0 Å². The number of ether oxygens (including phenoxy) is 1. The third-order valence-corrected chi connectivity index (χ3v) is 7.52. The summed E-state index contributed by atoms with van der Waals surface area (Å²) >= 11 is 0. The Hall–Kier alpha value is -1.19. The molecule has 0 aromatic heterocycles. The Morgan fingerprint density at radius 1 is 1.27 bits per heavy atom. The predicted molar refractivity (Wildman–Crippen MR) is 94.0 cm³/mol. The third kappa shape index (κ3) is 4.55. The van der Waals surface area contributed by atoms with Crippen LogP contribution in [0.2, 0.25) is 0 Å². The maximum absolute atomic E-state index is 12.5. The summed E-state index contributed by atoms with van der Waals surface area (Å²) < 4.78 is 32.4. The fourth-order valence-corrected chi connectivity index (χ4v) is 5.94. The van der Waals surface area contributed by atoms with E-state index >= 15 is 0 Å². The van der Waals surface area contributed by atoms with E-state index in [1.807, 2.05) is 4.90 Å². The molecule has 3 aliphatic rings. The van der Waals surface area contributed by atoms with Gasteiger partial charge in [0.2, 0.25) is 10.0 Å². The average Bonchev–Trinajstić information content (AvgIpc) is 3.28. The second-order valence-corrected chi connectivity index (χ2v) is 9.84. The highest BCUT2D eigenvalue weighted by Crippen LogP contribution is 2.43. The van der Waals surface area contributed by atoms with Gasteiger partial charge in [-0.2, -0.15) is 0 Å². The van der Waals surface area contributed by atoms with E-state index in [9.17, 15) is 18.0 Å². The Kier molecular flexibility index (Phi) is 5.60. The molecule has 0 aromatic rings. The van der Waals surface area contributed by atoms with Crippen LogP contribution in [0.1, 0.15) is 44.9 Å². The second kappa shape index (κ2) is 7.44. The minimum Gasteiger partial charge on any atom is -0.480 e. The van der Waals surface area contributed by atoms with Crippen molar-refractivity contribution in [3.8, 4) is 0 Å². The van der Waals surface area contributed by atoms with Crippen LogP contribution >= 0.6 is 0 Å². The maximum Gasteiger partial charge on any atom is 0.317 e. The van der Waals surface area contributed by atoms with E-state index in [1.54, 1.807) is 0 Å². The highest BCUT2D eigenvalue weighted by Gasteiger charge is 2.49. The number of carboxylic acids is 1. The molecule has 26 heavy (non-hydrogen) atoms. The first kappa shape index (κ1) is 19.6. The van der Waals surface area contributed by atoms with Crippen molar-refractivity contribution in [3.05, 3.63) is 0 Å². The number of carbonyl (C=O) groups excluding carboxylic acids is 1. The van der Waals surface area contributed by atoms with Crippen molar-refractivity contribution in [2.24, 2.45) is 11.3 Å². The quantitative estimate of drug-likeness (QED) is 0.526. The lowest BCUT2D eigenvalue weighted by atomic mass is 9.70. The summed E-state index contributed by atoms with van der Waals surface area (Å²) in [5, 5.41) is 9.08. The van der Waals surface area contributed by atoms with E-state index in [4.69, 9.17) is 9.84 Å². The zero-order chi connectivity index (χ0) is 18.9. The normalized spacial score (nSPS) is 27.5. The van der Waals surface area contributed by atoms with E-state index < -0.39 is 27.4 Å². The Labute approximate surface area is 154 Å². The molecule has 0 atom stereocenters. The van der Waals surface area contributed by atoms with Gasteiger partial charge in [-0.1, -0.05) is 6.42 Å². The summed E-state index contributed by atoms with van der Waals surface area (Å²) in [6.07, 6.45) is 5.45. The van der Waals surface area contributed by atoms with Crippen LogP contribution < -0.4 is 4.72 Å². The fourth-order valence-electron chi connectivity index (χ4n) is 4.02. The number of sulfonamides is 1. The van der Waals surface area contributed by atoms with Gasteiger partial charge in [-0.05, 0) is 44.4 Å². The molecule has 0 amide bonds. The van der Waals surface area contributed by atoms with Gasteiger partial charge < -0.3 is 9.84 Å². The lowest BCUT2D eigenvalue weighted by molar-refractivity contribution is -0.156. The zero-order valence-corrected chi connectivity index (χ0v) is 16.0. The molecule has 9 heteroatoms. The van der Waals surface area contributed by atoms with Gasteiger partial charge in [-0.3, -0.25) is 14.5 Å². The Morgan fingerprint density at radius 3 is 2.38 bits per heavy atom. The third-order valence-electron chi connectivity index (χ3n) is 5.90. The summed E-state index contributed by atoms with van der Waals surface area (Å²) in [6, 6.07) is -0.0760. The van der Waals surface area contributed by atoms with Gasteiger partial charge in [0, 0.05) is 18.6 Å². The number of aliphatic carboxylic acids is 1. The number of esters is 1. The molecule has 0 saturated heterocycles. The van der Waals surface area contributed by atoms with Crippen molar-refractivity contribution < 1.29 is 27.9 Å². The van der Waals surface area contributed by atoms with E-state index in [2.05, 4.69) is 4.72 Å². The molecular weight excluding hydrogens is 360 g/mol. The molecule has 148 valence electrons. The summed E-state index contributed by atoms with van der Waals surface area (Å²) in [5.74, 6) is -0.935. The largest absolute Gasteiger partial charge is 0.480 e. The van der Waals surface area contributed by atoms with E-state index in [0.717, 1.165) is 25.8 Å². The van der Waals surface area contributed by atoms with Crippen molar-refractivity contribution in [2.45, 2.75) is 57.0 Å². The number of nitrogens with one attached hydrogen (secondary N) is 1. The van der Waals surface area contributed by atoms with Crippen LogP contribution in [0.5, 0.6) is 0 Å². The lowest BCUT2D eigenvalue weighted by Crippen LogP contribution is -2.57. The molecule has 0 heterocycles. The predicted octanol–water partition coefficient (Wildman–Crippen LogP) is 0.577. The molecule has 0 aliphatic heterocycles. The SMILES string of the molecule is COC(=O)C1(CS(=O)(=O)NC2CC(N(CC(=O)O)CC3CC3)C2)CCC1. The van der Waals surface area contributed by atoms with Crippen LogP contribution in [0.25, 0.3) is 0 Å². The van der Waals surface area contributed by atoms with Crippen LogP contribution in [0.3, 0.4) is 0 Å². The standard InChI is InChI=1S/C17H28N2O6S/c1-25-16(22)17(5-2-6-17)11-26(23,24)18-13-7-14(8-13)19(10-15(20)21)9-12-3-4-12/h12-14,18H,2-11H2,1H3,(H,20,21). The second-order valence-electron chi connectivity index (χ2n) is 8.09. The number of hydrogen-bond acceptors (Lipinski definition) is 6. The van der Waals surface area contributed by atoms with Crippen molar-refractivity contribution in [2.75, 3.05) is 26.0 Å². The molecule has 0 spiro atoms. The number of hydrogen-bond donors (Lipinski definition) is 2. The summed E-state index contributed by atoms with van der Waals surface area (Å²) in [6.45, 7) is 0.786. The Morgan fingerprint density at radius 2 is 1.92 bits per heavy atom. The van der Waals surface area contributed by atoms with Crippen molar-refractivity contribution in [1.29, 1.82) is 0 Å². The van der Waals surface area contributed by atoms with Crippen molar-refractivity contribution in [3.63, 3.8) is 0 Å². The van der Waals surface area contributed by atoms with Gasteiger partial charge in [0.25, 0.3) is 0 Å². The average molecular weight is 388 g/mol. The summed E-state index contributed by atoms with van der Waals surface area (Å²) in [4.78, 5) is 25.0. The molecule has 2 N–H and O–H groups in total. The van der Waals surface area contributed by atoms with Crippen LogP contribution in [0.15, 0.2) is 0 Å². The van der Waals surface area contributed by atoms with Gasteiger partial charge in [-0.15, -0.1) is 0 Å². The molecular formula is C17H28N2O6S. The van der Waals surface area contributed by atoms with Gasteiger partial charge in [0.15, 0.2) is 0 Å². The van der Waals surface area contributed by atoms with Crippen LogP contribution in [0, 0.1) is 11.3 Å². The first-order valence-electron chi connectivity index (χ1n) is 9.27. The van der Waals surface area contributed by atoms with Gasteiger partial charge in [0.1, 0.15) is 0 Å². The van der Waals surface area contributed by atoms with Crippen LogP contribution in [0.4, 0.5) is 0 Å². The highest BCUT2D eigenvalue weighted by atomic mass is 32.2. The summed E-state index contributed by atoms with van der Waals surface area (Å²) in [7, 11) is -2.30. The molecule has 3 aliphatic carbocycles.